The first-order chi connectivity index (χ1) is 14.6. The molecule has 31 heavy (non-hydrogen) atoms. The van der Waals surface area contributed by atoms with Gasteiger partial charge in [-0.05, 0) is 69.1 Å². The van der Waals surface area contributed by atoms with Gasteiger partial charge in [0.15, 0.2) is 0 Å². The standard InChI is InChI=1S/C25H35NO5/c1-14-13-25-9-6-16-23(2,7-5-8-24(16,3)22(29)30)17(25)12-15(14)18-19(25)21(28)26(20(18)27)10-11-31-4/h13,15-19H,5-12H2,1-4H3,(H,29,30). The zero-order chi connectivity index (χ0) is 22.3. The molecule has 6 rings (SSSR count). The van der Waals surface area contributed by atoms with Gasteiger partial charge in [-0.3, -0.25) is 19.3 Å². The van der Waals surface area contributed by atoms with Crippen molar-refractivity contribution in [3.8, 4) is 0 Å². The second-order valence-corrected chi connectivity index (χ2v) is 11.4. The SMILES string of the molecule is COCCN1C(=O)C2C3CC4C5(C)CCCC(C)(C(=O)O)C5CCC4(C=C3C)C2C1=O. The average molecular weight is 430 g/mol. The van der Waals surface area contributed by atoms with Gasteiger partial charge in [-0.1, -0.05) is 25.0 Å². The lowest BCUT2D eigenvalue weighted by atomic mass is 9.35. The molecule has 1 saturated heterocycles. The number of fused-ring (bicyclic) bond motifs is 1. The Morgan fingerprint density at radius 3 is 2.61 bits per heavy atom. The number of rotatable bonds is 4. The van der Waals surface area contributed by atoms with Gasteiger partial charge >= 0.3 is 5.97 Å². The summed E-state index contributed by atoms with van der Waals surface area (Å²) in [5, 5.41) is 10.1. The highest BCUT2D eigenvalue weighted by molar-refractivity contribution is 6.06. The van der Waals surface area contributed by atoms with E-state index in [-0.39, 0.29) is 52.2 Å². The molecule has 170 valence electrons. The summed E-state index contributed by atoms with van der Waals surface area (Å²) < 4.78 is 5.17. The van der Waals surface area contributed by atoms with Gasteiger partial charge in [-0.2, -0.15) is 0 Å². The first-order valence-corrected chi connectivity index (χ1v) is 11.9. The number of nitrogens with zero attached hydrogens (tertiary/aromatic N) is 1. The van der Waals surface area contributed by atoms with E-state index in [4.69, 9.17) is 4.74 Å². The molecule has 3 saturated carbocycles. The number of carbonyl (C=O) groups excluding carboxylic acids is 2. The number of likely N-dealkylation sites (tertiary alicyclic amines) is 1. The molecule has 2 amide bonds. The summed E-state index contributed by atoms with van der Waals surface area (Å²) in [6, 6.07) is 0. The first-order valence-electron chi connectivity index (χ1n) is 11.9. The summed E-state index contributed by atoms with van der Waals surface area (Å²) in [4.78, 5) is 40.8. The minimum absolute atomic E-state index is 0.0198. The number of carbonyl (C=O) groups is 3. The van der Waals surface area contributed by atoms with Crippen molar-refractivity contribution in [2.75, 3.05) is 20.3 Å². The van der Waals surface area contributed by atoms with Crippen LogP contribution in [0.1, 0.15) is 59.3 Å². The minimum Gasteiger partial charge on any atom is -0.481 e. The maximum Gasteiger partial charge on any atom is 0.309 e. The largest absolute Gasteiger partial charge is 0.481 e. The third-order valence-electron chi connectivity index (χ3n) is 10.3. The molecular weight excluding hydrogens is 394 g/mol. The van der Waals surface area contributed by atoms with Crippen LogP contribution >= 0.6 is 0 Å². The van der Waals surface area contributed by atoms with Crippen LogP contribution in [-0.4, -0.2) is 48.1 Å². The molecule has 2 bridgehead atoms. The highest BCUT2D eigenvalue weighted by Crippen LogP contribution is 2.74. The fourth-order valence-electron chi connectivity index (χ4n) is 9.06. The van der Waals surface area contributed by atoms with Crippen molar-refractivity contribution in [1.29, 1.82) is 0 Å². The molecule has 6 heteroatoms. The lowest BCUT2D eigenvalue weighted by Gasteiger charge is -2.68. The van der Waals surface area contributed by atoms with Crippen molar-refractivity contribution >= 4 is 17.8 Å². The molecule has 1 spiro atoms. The van der Waals surface area contributed by atoms with E-state index in [1.807, 2.05) is 6.92 Å². The summed E-state index contributed by atoms with van der Waals surface area (Å²) in [6.45, 7) is 7.06. The number of imide groups is 1. The number of hydrogen-bond acceptors (Lipinski definition) is 4. The van der Waals surface area contributed by atoms with E-state index in [0.29, 0.717) is 13.2 Å². The van der Waals surface area contributed by atoms with E-state index in [1.165, 1.54) is 10.5 Å². The van der Waals surface area contributed by atoms with E-state index in [2.05, 4.69) is 19.9 Å². The van der Waals surface area contributed by atoms with Crippen molar-refractivity contribution in [3.05, 3.63) is 11.6 Å². The van der Waals surface area contributed by atoms with Crippen LogP contribution in [0.25, 0.3) is 0 Å². The molecule has 4 fully saturated rings. The number of aliphatic carboxylic acids is 1. The fourth-order valence-corrected chi connectivity index (χ4v) is 9.06. The fraction of sp³-hybridized carbons (Fsp3) is 0.800. The number of hydrogen-bond donors (Lipinski definition) is 1. The van der Waals surface area contributed by atoms with Crippen LogP contribution in [0.4, 0.5) is 0 Å². The van der Waals surface area contributed by atoms with Crippen LogP contribution in [0.2, 0.25) is 0 Å². The Labute approximate surface area is 184 Å². The van der Waals surface area contributed by atoms with E-state index in [1.54, 1.807) is 7.11 Å². The molecule has 8 unspecified atom stereocenters. The van der Waals surface area contributed by atoms with Gasteiger partial charge in [0.1, 0.15) is 0 Å². The van der Waals surface area contributed by atoms with Crippen molar-refractivity contribution < 1.29 is 24.2 Å². The van der Waals surface area contributed by atoms with Crippen molar-refractivity contribution in [1.82, 2.24) is 4.90 Å². The molecule has 0 radical (unpaired) electrons. The van der Waals surface area contributed by atoms with E-state index in [0.717, 1.165) is 38.5 Å². The molecule has 1 N–H and O–H groups in total. The maximum atomic E-state index is 13.6. The summed E-state index contributed by atoms with van der Waals surface area (Å²) in [6.07, 6.45) is 7.54. The Morgan fingerprint density at radius 1 is 1.19 bits per heavy atom. The Balaban J connectivity index is 1.59. The predicted octanol–water partition coefficient (Wildman–Crippen LogP) is 3.51. The van der Waals surface area contributed by atoms with Crippen LogP contribution in [0, 0.1) is 45.8 Å². The number of carboxylic acids is 1. The number of carboxylic acid groups (broad SMARTS) is 1. The highest BCUT2D eigenvalue weighted by Gasteiger charge is 2.72. The third kappa shape index (κ3) is 2.46. The minimum atomic E-state index is -0.705. The molecule has 1 heterocycles. The van der Waals surface area contributed by atoms with Crippen LogP contribution in [0.15, 0.2) is 11.6 Å². The van der Waals surface area contributed by atoms with Gasteiger partial charge in [0.2, 0.25) is 11.8 Å². The third-order valence-corrected chi connectivity index (χ3v) is 10.3. The zero-order valence-corrected chi connectivity index (χ0v) is 19.1. The van der Waals surface area contributed by atoms with Crippen LogP contribution < -0.4 is 0 Å². The second-order valence-electron chi connectivity index (χ2n) is 11.4. The smallest absolute Gasteiger partial charge is 0.309 e. The zero-order valence-electron chi connectivity index (χ0n) is 19.1. The number of allylic oxidation sites excluding steroid dienone is 2. The van der Waals surface area contributed by atoms with Gasteiger partial charge in [-0.25, -0.2) is 0 Å². The quantitative estimate of drug-likeness (QED) is 0.546. The van der Waals surface area contributed by atoms with Gasteiger partial charge in [0, 0.05) is 12.5 Å². The molecular formula is C25H35NO5. The maximum absolute atomic E-state index is 13.6. The van der Waals surface area contributed by atoms with Gasteiger partial charge in [0.05, 0.1) is 30.4 Å². The number of ether oxygens (including phenoxy) is 1. The van der Waals surface area contributed by atoms with Gasteiger partial charge < -0.3 is 9.84 Å². The van der Waals surface area contributed by atoms with E-state index < -0.39 is 11.4 Å². The number of amides is 2. The Hall–Kier alpha value is -1.69. The molecule has 0 aromatic heterocycles. The molecule has 5 aliphatic carbocycles. The topological polar surface area (TPSA) is 83.9 Å². The van der Waals surface area contributed by atoms with E-state index in [9.17, 15) is 19.5 Å². The van der Waals surface area contributed by atoms with Crippen LogP contribution in [0.3, 0.4) is 0 Å². The Bertz CT molecular complexity index is 881. The molecule has 1 aliphatic heterocycles. The van der Waals surface area contributed by atoms with Crippen molar-refractivity contribution in [3.63, 3.8) is 0 Å². The lowest BCUT2D eigenvalue weighted by Crippen LogP contribution is -2.64. The predicted molar refractivity (Wildman–Crippen MR) is 114 cm³/mol. The summed E-state index contributed by atoms with van der Waals surface area (Å²) in [5.41, 5.74) is 0.114. The normalized spacial score (nSPS) is 48.2. The summed E-state index contributed by atoms with van der Waals surface area (Å²) in [7, 11) is 1.59. The van der Waals surface area contributed by atoms with Crippen LogP contribution in [-0.2, 0) is 19.1 Å². The van der Waals surface area contributed by atoms with Crippen molar-refractivity contribution in [2.45, 2.75) is 59.3 Å². The Morgan fingerprint density at radius 2 is 1.94 bits per heavy atom. The van der Waals surface area contributed by atoms with Gasteiger partial charge in [-0.15, -0.1) is 0 Å². The second kappa shape index (κ2) is 6.66. The molecule has 8 atom stereocenters. The molecule has 6 nitrogen and oxygen atoms in total. The van der Waals surface area contributed by atoms with Crippen molar-refractivity contribution in [2.24, 2.45) is 45.8 Å². The lowest BCUT2D eigenvalue weighted by molar-refractivity contribution is -0.194. The Kier molecular flexibility index (Phi) is 4.55. The van der Waals surface area contributed by atoms with E-state index >= 15 is 0 Å². The summed E-state index contributed by atoms with van der Waals surface area (Å²) in [5.74, 6) is -0.799. The van der Waals surface area contributed by atoms with Crippen LogP contribution in [0.5, 0.6) is 0 Å². The molecule has 0 aromatic rings. The average Bonchev–Trinajstić information content (AvgIpc) is 2.97. The molecule has 0 aromatic carbocycles. The van der Waals surface area contributed by atoms with Gasteiger partial charge in [0.25, 0.3) is 0 Å². The monoisotopic (exact) mass is 429 g/mol. The first kappa shape index (κ1) is 21.2. The highest BCUT2D eigenvalue weighted by atomic mass is 16.5. The summed E-state index contributed by atoms with van der Waals surface area (Å²) >= 11 is 0. The molecule has 6 aliphatic rings. The number of methoxy groups -OCH3 is 1.